The predicted molar refractivity (Wildman–Crippen MR) is 73.6 cm³/mol. The second-order valence-electron chi connectivity index (χ2n) is 3.86. The second kappa shape index (κ2) is 6.60. The highest BCUT2D eigenvalue weighted by atomic mass is 16.6. The highest BCUT2D eigenvalue weighted by molar-refractivity contribution is 6.62. The van der Waals surface area contributed by atoms with Crippen LogP contribution in [0.3, 0.4) is 0 Å². The lowest BCUT2D eigenvalue weighted by molar-refractivity contribution is -0.140. The van der Waals surface area contributed by atoms with E-state index in [4.69, 9.17) is 9.47 Å². The first-order chi connectivity index (χ1) is 10.2. The lowest BCUT2D eigenvalue weighted by Gasteiger charge is -2.05. The van der Waals surface area contributed by atoms with Gasteiger partial charge in [0.1, 0.15) is 11.0 Å². The number of esters is 2. The maximum Gasteiger partial charge on any atom is 0.366 e. The Morgan fingerprint density at radius 1 is 1.14 bits per heavy atom. The van der Waals surface area contributed by atoms with Crippen LogP contribution in [0.25, 0.3) is 11.0 Å². The van der Waals surface area contributed by atoms with Gasteiger partial charge in [0.25, 0.3) is 5.71 Å². The molecule has 0 N–H and O–H groups in total. The predicted octanol–water partition coefficient (Wildman–Crippen LogP) is 0.762. The summed E-state index contributed by atoms with van der Waals surface area (Å²) < 4.78 is 9.60. The van der Waals surface area contributed by atoms with E-state index in [9.17, 15) is 9.59 Å². The quantitative estimate of drug-likeness (QED) is 0.458. The van der Waals surface area contributed by atoms with Crippen molar-refractivity contribution < 1.29 is 19.1 Å². The first-order valence-electron chi connectivity index (χ1n) is 6.41. The molecule has 0 bridgehead atoms. The molecule has 0 atom stereocenters. The van der Waals surface area contributed by atoms with Crippen molar-refractivity contribution in [3.8, 4) is 0 Å². The number of carbonyl (C=O) groups is 2. The van der Waals surface area contributed by atoms with Crippen LogP contribution < -0.4 is 0 Å². The molecule has 2 rings (SSSR count). The molecule has 8 nitrogen and oxygen atoms in total. The van der Waals surface area contributed by atoms with Gasteiger partial charge in [-0.25, -0.2) is 9.59 Å². The van der Waals surface area contributed by atoms with Gasteiger partial charge in [0, 0.05) is 0 Å². The summed E-state index contributed by atoms with van der Waals surface area (Å²) in [6.07, 6.45) is 0. The summed E-state index contributed by atoms with van der Waals surface area (Å²) in [5, 5.41) is 11.6. The molecule has 0 saturated carbocycles. The first-order valence-corrected chi connectivity index (χ1v) is 6.41. The number of aromatic nitrogens is 3. The molecule has 0 amide bonds. The zero-order valence-electron chi connectivity index (χ0n) is 11.6. The number of carbonyl (C=O) groups excluding carboxylic acids is 2. The highest BCUT2D eigenvalue weighted by Gasteiger charge is 2.24. The van der Waals surface area contributed by atoms with Crippen LogP contribution in [-0.4, -0.2) is 46.0 Å². The summed E-state index contributed by atoms with van der Waals surface area (Å²) in [6, 6.07) is 7.02. The van der Waals surface area contributed by atoms with Gasteiger partial charge in [0.05, 0.1) is 13.2 Å². The van der Waals surface area contributed by atoms with Crippen molar-refractivity contribution in [2.24, 2.45) is 5.10 Å². The summed E-state index contributed by atoms with van der Waals surface area (Å²) in [7, 11) is 0. The fraction of sp³-hybridized carbons (Fsp3) is 0.308. The minimum Gasteiger partial charge on any atom is -0.461 e. The monoisotopic (exact) mass is 290 g/mol. The van der Waals surface area contributed by atoms with Gasteiger partial charge >= 0.3 is 11.9 Å². The molecule has 0 aliphatic carbocycles. The van der Waals surface area contributed by atoms with Gasteiger partial charge in [-0.15, -0.1) is 15.0 Å². The van der Waals surface area contributed by atoms with Crippen LogP contribution in [-0.2, 0) is 19.1 Å². The van der Waals surface area contributed by atoms with Crippen LogP contribution in [0.4, 0.5) is 0 Å². The fourth-order valence-electron chi connectivity index (χ4n) is 1.59. The van der Waals surface area contributed by atoms with Crippen LogP contribution in [0.5, 0.6) is 0 Å². The van der Waals surface area contributed by atoms with Gasteiger partial charge in [0.2, 0.25) is 0 Å². The van der Waals surface area contributed by atoms with Crippen molar-refractivity contribution >= 4 is 28.7 Å². The third kappa shape index (κ3) is 3.22. The number of ether oxygens (including phenoxy) is 2. The molecule has 1 aromatic carbocycles. The number of rotatable bonds is 5. The molecule has 0 unspecified atom stereocenters. The zero-order chi connectivity index (χ0) is 15.2. The second-order valence-corrected chi connectivity index (χ2v) is 3.86. The van der Waals surface area contributed by atoms with E-state index in [2.05, 4.69) is 15.4 Å². The minimum atomic E-state index is -0.865. The Morgan fingerprint density at radius 3 is 2.38 bits per heavy atom. The molecule has 0 radical (unpaired) electrons. The van der Waals surface area contributed by atoms with E-state index in [0.29, 0.717) is 11.0 Å². The Hall–Kier alpha value is -2.77. The smallest absolute Gasteiger partial charge is 0.366 e. The molecule has 1 heterocycles. The van der Waals surface area contributed by atoms with Gasteiger partial charge in [-0.05, 0) is 31.2 Å². The lowest BCUT2D eigenvalue weighted by atomic mass is 10.3. The van der Waals surface area contributed by atoms with E-state index in [-0.39, 0.29) is 13.2 Å². The van der Waals surface area contributed by atoms with Crippen LogP contribution in [0.1, 0.15) is 13.8 Å². The van der Waals surface area contributed by atoms with E-state index in [1.54, 1.807) is 38.1 Å². The maximum atomic E-state index is 11.8. The Labute approximate surface area is 120 Å². The molecular formula is C13H14N4O4. The summed E-state index contributed by atoms with van der Waals surface area (Å²) in [6.45, 7) is 3.50. The van der Waals surface area contributed by atoms with Crippen LogP contribution >= 0.6 is 0 Å². The molecule has 0 fully saturated rings. The fourth-order valence-corrected chi connectivity index (χ4v) is 1.59. The largest absolute Gasteiger partial charge is 0.461 e. The van der Waals surface area contributed by atoms with Crippen molar-refractivity contribution in [1.82, 2.24) is 15.1 Å². The molecule has 1 aromatic heterocycles. The number of nitrogens with zero attached hydrogens (tertiary/aromatic N) is 4. The molecule has 0 spiro atoms. The normalized spacial score (nSPS) is 10.2. The first kappa shape index (κ1) is 14.6. The number of fused-ring (bicyclic) bond motifs is 1. The molecule has 8 heteroatoms. The summed E-state index contributed by atoms with van der Waals surface area (Å²) in [5.41, 5.74) is 0.672. The van der Waals surface area contributed by atoms with E-state index >= 15 is 0 Å². The molecule has 0 saturated heterocycles. The Kier molecular flexibility index (Phi) is 4.60. The van der Waals surface area contributed by atoms with Crippen molar-refractivity contribution in [3.63, 3.8) is 0 Å². The van der Waals surface area contributed by atoms with Crippen molar-refractivity contribution in [2.45, 2.75) is 13.8 Å². The van der Waals surface area contributed by atoms with Crippen molar-refractivity contribution in [2.75, 3.05) is 13.2 Å². The molecule has 0 aliphatic rings. The SMILES string of the molecule is CCOC(=O)C(=Nn1nnc2ccccc21)C(=O)OCC. The Balaban J connectivity index is 2.44. The zero-order valence-corrected chi connectivity index (χ0v) is 11.6. The minimum absolute atomic E-state index is 0.120. The Bertz CT molecular complexity index is 672. The summed E-state index contributed by atoms with van der Waals surface area (Å²) in [5.74, 6) is -1.73. The molecule has 2 aromatic rings. The third-order valence-corrected chi connectivity index (χ3v) is 2.47. The summed E-state index contributed by atoms with van der Waals surface area (Å²) in [4.78, 5) is 24.7. The van der Waals surface area contributed by atoms with E-state index in [0.717, 1.165) is 4.79 Å². The van der Waals surface area contributed by atoms with E-state index < -0.39 is 17.7 Å². The number of benzene rings is 1. The molecule has 110 valence electrons. The standard InChI is InChI=1S/C13H14N4O4/c1-3-20-12(18)11(13(19)21-4-2)15-17-10-8-6-5-7-9(10)14-16-17/h5-8H,3-4H2,1-2H3. The maximum absolute atomic E-state index is 11.8. The molecule has 0 aliphatic heterocycles. The van der Waals surface area contributed by atoms with Crippen molar-refractivity contribution in [3.05, 3.63) is 24.3 Å². The van der Waals surface area contributed by atoms with Gasteiger partial charge in [-0.2, -0.15) is 0 Å². The van der Waals surface area contributed by atoms with Crippen molar-refractivity contribution in [1.29, 1.82) is 0 Å². The average molecular weight is 290 g/mol. The summed E-state index contributed by atoms with van der Waals surface area (Å²) >= 11 is 0. The highest BCUT2D eigenvalue weighted by Crippen LogP contribution is 2.09. The number of hydrogen-bond acceptors (Lipinski definition) is 7. The van der Waals surface area contributed by atoms with E-state index in [1.807, 2.05) is 0 Å². The van der Waals surface area contributed by atoms with Gasteiger partial charge in [0.15, 0.2) is 0 Å². The lowest BCUT2D eigenvalue weighted by Crippen LogP contribution is -2.29. The Morgan fingerprint density at radius 2 is 1.76 bits per heavy atom. The van der Waals surface area contributed by atoms with Gasteiger partial charge in [-0.3, -0.25) is 0 Å². The van der Waals surface area contributed by atoms with E-state index in [1.165, 1.54) is 0 Å². The van der Waals surface area contributed by atoms with Gasteiger partial charge < -0.3 is 9.47 Å². The third-order valence-electron chi connectivity index (χ3n) is 2.47. The molecule has 21 heavy (non-hydrogen) atoms. The van der Waals surface area contributed by atoms with Crippen LogP contribution in [0, 0.1) is 0 Å². The molecular weight excluding hydrogens is 276 g/mol. The van der Waals surface area contributed by atoms with Crippen LogP contribution in [0.15, 0.2) is 29.4 Å². The van der Waals surface area contributed by atoms with Crippen LogP contribution in [0.2, 0.25) is 0 Å². The number of hydrogen-bond donors (Lipinski definition) is 0. The number of para-hydroxylation sites is 1. The topological polar surface area (TPSA) is 95.7 Å². The average Bonchev–Trinajstić information content (AvgIpc) is 2.88. The van der Waals surface area contributed by atoms with Gasteiger partial charge in [-0.1, -0.05) is 12.1 Å².